The first-order chi connectivity index (χ1) is 21.9. The Bertz CT molecular complexity index is 1500. The highest BCUT2D eigenvalue weighted by Crippen LogP contribution is 2.75. The summed E-state index contributed by atoms with van der Waals surface area (Å²) in [6.07, 6.45) is 9.82. The van der Waals surface area contributed by atoms with Crippen molar-refractivity contribution in [2.75, 3.05) is 6.54 Å². The van der Waals surface area contributed by atoms with E-state index < -0.39 is 11.4 Å². The number of ether oxygens (including phenoxy) is 1. The Morgan fingerprint density at radius 3 is 2.26 bits per heavy atom. The van der Waals surface area contributed by atoms with E-state index in [4.69, 9.17) is 9.84 Å². The molecule has 0 aliphatic heterocycles. The van der Waals surface area contributed by atoms with Gasteiger partial charge < -0.3 is 15.2 Å². The van der Waals surface area contributed by atoms with Crippen LogP contribution in [-0.4, -0.2) is 35.3 Å². The molecule has 0 unspecified atom stereocenters. The van der Waals surface area contributed by atoms with Gasteiger partial charge in [0.05, 0.1) is 5.41 Å². The molecule has 7 nitrogen and oxygen atoms in total. The van der Waals surface area contributed by atoms with Crippen LogP contribution in [0.15, 0.2) is 42.0 Å². The quantitative estimate of drug-likeness (QED) is 0.310. The number of ketones is 1. The maximum Gasteiger partial charge on any atom is 0.322 e. The lowest BCUT2D eigenvalue weighted by atomic mass is 9.33. The average molecular weight is 646 g/mol. The van der Waals surface area contributed by atoms with E-state index in [1.54, 1.807) is 0 Å². The normalized spacial score (nSPS) is 42.0. The zero-order chi connectivity index (χ0) is 34.2. The molecule has 5 aliphatic rings. The van der Waals surface area contributed by atoms with Gasteiger partial charge in [-0.1, -0.05) is 77.4 Å². The standard InChI is InChI=1S/C40H55NO6/c1-35(2)26(33(45)41-23-31(43)44)13-15-38(5)30(35)14-16-40(7)32(38)29(42)21-27-28-22-37(4,18-17-36(28,3)19-20-39(27,40)6)34(46)47-24-25-11-9-8-10-12-25/h8-12,21,26,28,30,32H,13-20,22-24H2,1-7H3,(H,41,45)(H,43,44)/t26-,28+,30+,32-,36-,37+,38+,39-,40-/m1/s1. The van der Waals surface area contributed by atoms with Gasteiger partial charge in [0.25, 0.3) is 0 Å². The number of rotatable bonds is 6. The van der Waals surface area contributed by atoms with Crippen LogP contribution in [0.2, 0.25) is 0 Å². The minimum atomic E-state index is -1.04. The average Bonchev–Trinajstić information content (AvgIpc) is 3.00. The van der Waals surface area contributed by atoms with Crippen LogP contribution in [-0.2, 0) is 30.5 Å². The van der Waals surface area contributed by atoms with Crippen molar-refractivity contribution >= 4 is 23.6 Å². The van der Waals surface area contributed by atoms with E-state index in [2.05, 4.69) is 53.8 Å². The van der Waals surface area contributed by atoms with Gasteiger partial charge in [-0.3, -0.25) is 19.2 Å². The number of fused-ring (bicyclic) bond motifs is 7. The number of aliphatic carboxylic acids is 1. The van der Waals surface area contributed by atoms with Gasteiger partial charge >= 0.3 is 11.9 Å². The monoisotopic (exact) mass is 645 g/mol. The summed E-state index contributed by atoms with van der Waals surface area (Å²) in [4.78, 5) is 52.8. The van der Waals surface area contributed by atoms with Gasteiger partial charge in [0, 0.05) is 11.8 Å². The molecular weight excluding hydrogens is 590 g/mol. The number of carbonyl (C=O) groups is 4. The molecule has 0 spiro atoms. The minimum Gasteiger partial charge on any atom is -0.480 e. The highest BCUT2D eigenvalue weighted by molar-refractivity contribution is 5.96. The highest BCUT2D eigenvalue weighted by atomic mass is 16.5. The van der Waals surface area contributed by atoms with E-state index in [9.17, 15) is 19.2 Å². The van der Waals surface area contributed by atoms with Gasteiger partial charge in [0.15, 0.2) is 5.78 Å². The van der Waals surface area contributed by atoms with Crippen molar-refractivity contribution < 1.29 is 29.0 Å². The molecule has 7 heteroatoms. The summed E-state index contributed by atoms with van der Waals surface area (Å²) < 4.78 is 5.93. The Kier molecular flexibility index (Phi) is 8.16. The van der Waals surface area contributed by atoms with Crippen LogP contribution in [0.1, 0.15) is 112 Å². The fourth-order valence-electron chi connectivity index (χ4n) is 12.0. The molecule has 0 saturated heterocycles. The van der Waals surface area contributed by atoms with Gasteiger partial charge in [-0.05, 0) is 115 Å². The zero-order valence-corrected chi connectivity index (χ0v) is 29.5. The molecule has 1 amide bonds. The summed E-state index contributed by atoms with van der Waals surface area (Å²) in [5.41, 5.74) is 0.623. The van der Waals surface area contributed by atoms with Crippen molar-refractivity contribution in [3.63, 3.8) is 0 Å². The second-order valence-electron chi connectivity index (χ2n) is 17.8. The molecule has 4 fully saturated rings. The SMILES string of the molecule is CC1(C)[C@@H](C(=O)NCC(=O)O)CC[C@]2(C)[C@H]3C(=O)C=C4[C@@H]5C[C@@](C)(C(=O)OCc6ccccc6)CC[C@]5(C)CC[C@@]4(C)[C@]3(C)CC[C@@H]12. The van der Waals surface area contributed by atoms with Crippen molar-refractivity contribution in [2.45, 2.75) is 113 Å². The molecule has 9 atom stereocenters. The third kappa shape index (κ3) is 5.12. The van der Waals surface area contributed by atoms with E-state index in [1.807, 2.05) is 36.4 Å². The number of esters is 1. The van der Waals surface area contributed by atoms with Crippen molar-refractivity contribution in [1.29, 1.82) is 0 Å². The summed E-state index contributed by atoms with van der Waals surface area (Å²) in [6.45, 7) is 15.8. The number of benzene rings is 1. The smallest absolute Gasteiger partial charge is 0.322 e. The molecule has 1 aromatic rings. The van der Waals surface area contributed by atoms with Gasteiger partial charge in [-0.25, -0.2) is 0 Å². The number of allylic oxidation sites excluding steroid dienone is 2. The number of carboxylic acids is 1. The maximum atomic E-state index is 14.7. The van der Waals surface area contributed by atoms with E-state index in [1.165, 1.54) is 5.57 Å². The predicted octanol–water partition coefficient (Wildman–Crippen LogP) is 7.53. The molecule has 0 aromatic heterocycles. The first kappa shape index (κ1) is 33.9. The second kappa shape index (κ2) is 11.3. The number of nitrogens with one attached hydrogen (secondary N) is 1. The molecular formula is C40H55NO6. The fourth-order valence-corrected chi connectivity index (χ4v) is 12.0. The molecule has 2 N–H and O–H groups in total. The number of carboxylic acid groups (broad SMARTS) is 1. The Balaban J connectivity index is 1.30. The molecule has 47 heavy (non-hydrogen) atoms. The Morgan fingerprint density at radius 2 is 1.57 bits per heavy atom. The number of amides is 1. The number of hydrogen-bond acceptors (Lipinski definition) is 5. The minimum absolute atomic E-state index is 0.0402. The first-order valence-electron chi connectivity index (χ1n) is 17.9. The number of hydrogen-bond donors (Lipinski definition) is 2. The molecule has 5 aliphatic carbocycles. The number of carbonyl (C=O) groups excluding carboxylic acids is 3. The lowest BCUT2D eigenvalue weighted by molar-refractivity contribution is -0.195. The molecule has 6 rings (SSSR count). The largest absolute Gasteiger partial charge is 0.480 e. The lowest BCUT2D eigenvalue weighted by Crippen LogP contribution is -2.66. The van der Waals surface area contributed by atoms with Crippen molar-refractivity contribution in [1.82, 2.24) is 5.32 Å². The van der Waals surface area contributed by atoms with E-state index in [0.29, 0.717) is 12.8 Å². The van der Waals surface area contributed by atoms with Crippen molar-refractivity contribution in [3.05, 3.63) is 47.5 Å². The van der Waals surface area contributed by atoms with Gasteiger partial charge in [-0.15, -0.1) is 0 Å². The van der Waals surface area contributed by atoms with Crippen LogP contribution in [0, 0.1) is 56.2 Å². The fraction of sp³-hybridized carbons (Fsp3) is 0.700. The predicted molar refractivity (Wildman–Crippen MR) is 180 cm³/mol. The first-order valence-corrected chi connectivity index (χ1v) is 17.9. The summed E-state index contributed by atoms with van der Waals surface area (Å²) >= 11 is 0. The van der Waals surface area contributed by atoms with Crippen LogP contribution in [0.25, 0.3) is 0 Å². The van der Waals surface area contributed by atoms with Crippen LogP contribution in [0.4, 0.5) is 0 Å². The Hall–Kier alpha value is -2.96. The van der Waals surface area contributed by atoms with Crippen LogP contribution >= 0.6 is 0 Å². The molecule has 0 radical (unpaired) electrons. The summed E-state index contributed by atoms with van der Waals surface area (Å²) in [5.74, 6) is -1.29. The van der Waals surface area contributed by atoms with E-state index in [-0.39, 0.29) is 81.6 Å². The molecule has 0 bridgehead atoms. The van der Waals surface area contributed by atoms with Crippen LogP contribution in [0.3, 0.4) is 0 Å². The Labute approximate surface area is 280 Å². The second-order valence-corrected chi connectivity index (χ2v) is 17.8. The van der Waals surface area contributed by atoms with Gasteiger partial charge in [-0.2, -0.15) is 0 Å². The Morgan fingerprint density at radius 1 is 0.894 bits per heavy atom. The molecule has 256 valence electrons. The highest BCUT2D eigenvalue weighted by Gasteiger charge is 2.70. The lowest BCUT2D eigenvalue weighted by Gasteiger charge is -2.70. The van der Waals surface area contributed by atoms with E-state index >= 15 is 0 Å². The summed E-state index contributed by atoms with van der Waals surface area (Å²) in [7, 11) is 0. The van der Waals surface area contributed by atoms with Crippen molar-refractivity contribution in [3.8, 4) is 0 Å². The van der Waals surface area contributed by atoms with Gasteiger partial charge in [0.2, 0.25) is 5.91 Å². The zero-order valence-electron chi connectivity index (χ0n) is 29.5. The summed E-state index contributed by atoms with van der Waals surface area (Å²) in [5, 5.41) is 11.8. The van der Waals surface area contributed by atoms with Crippen LogP contribution < -0.4 is 5.32 Å². The molecule has 4 saturated carbocycles. The van der Waals surface area contributed by atoms with Crippen molar-refractivity contribution in [2.24, 2.45) is 56.2 Å². The third-order valence-electron chi connectivity index (χ3n) is 15.0. The summed E-state index contributed by atoms with van der Waals surface area (Å²) in [6, 6.07) is 9.83. The molecule has 0 heterocycles. The van der Waals surface area contributed by atoms with E-state index in [0.717, 1.165) is 50.5 Å². The topological polar surface area (TPSA) is 110 Å². The maximum absolute atomic E-state index is 14.7. The van der Waals surface area contributed by atoms with Crippen LogP contribution in [0.5, 0.6) is 0 Å². The van der Waals surface area contributed by atoms with Gasteiger partial charge in [0.1, 0.15) is 13.2 Å². The molecule has 1 aromatic carbocycles. The third-order valence-corrected chi connectivity index (χ3v) is 15.0.